The predicted octanol–water partition coefficient (Wildman–Crippen LogP) is 4.94. The van der Waals surface area contributed by atoms with Crippen molar-refractivity contribution >= 4 is 13.8 Å². The van der Waals surface area contributed by atoms with Crippen LogP contribution in [0.5, 0.6) is 0 Å². The van der Waals surface area contributed by atoms with Crippen molar-refractivity contribution in [3.63, 3.8) is 0 Å². The Balaban J connectivity index is 3.47. The fourth-order valence-corrected chi connectivity index (χ4v) is 3.27. The number of hydrogen-bond acceptors (Lipinski definition) is 6. The van der Waals surface area contributed by atoms with Crippen LogP contribution in [-0.4, -0.2) is 35.1 Å². The smallest absolute Gasteiger partial charge is 0.463 e. The van der Waals surface area contributed by atoms with E-state index in [1.165, 1.54) is 51.4 Å². The van der Waals surface area contributed by atoms with Gasteiger partial charge in [-0.2, -0.15) is 0 Å². The first-order valence-corrected chi connectivity index (χ1v) is 12.8. The summed E-state index contributed by atoms with van der Waals surface area (Å²) in [5.74, 6) is 4.61. The number of rotatable bonds is 21. The Kier molecular flexibility index (Phi) is 19.6. The zero-order valence-electron chi connectivity index (χ0n) is 18.5. The number of unbranched alkanes of at least 4 members (excludes halogenated alkanes) is 11. The molecule has 0 saturated carbocycles. The van der Waals surface area contributed by atoms with E-state index < -0.39 is 20.5 Å². The third kappa shape index (κ3) is 21.9. The fraction of sp³-hybridized carbons (Fsp3) is 0.857. The third-order valence-electron chi connectivity index (χ3n) is 4.69. The van der Waals surface area contributed by atoms with Crippen molar-refractivity contribution in [3.8, 4) is 0 Å². The van der Waals surface area contributed by atoms with Crippen molar-refractivity contribution < 1.29 is 33.2 Å². The molecule has 0 rings (SSSR count). The first-order chi connectivity index (χ1) is 14.4. The van der Waals surface area contributed by atoms with Gasteiger partial charge in [0.1, 0.15) is 12.7 Å². The van der Waals surface area contributed by atoms with Crippen LogP contribution in [0.4, 0.5) is 0 Å². The van der Waals surface area contributed by atoms with Crippen molar-refractivity contribution in [1.29, 1.82) is 0 Å². The van der Waals surface area contributed by atoms with E-state index in [-0.39, 0.29) is 12.6 Å². The molecule has 0 aliphatic rings. The van der Waals surface area contributed by atoms with Crippen molar-refractivity contribution in [3.05, 3.63) is 12.2 Å². The second-order valence-corrected chi connectivity index (χ2v) is 8.80. The van der Waals surface area contributed by atoms with E-state index in [0.717, 1.165) is 32.1 Å². The zero-order chi connectivity index (χ0) is 22.5. The molecule has 178 valence electrons. The first-order valence-electron chi connectivity index (χ1n) is 11.2. The molecule has 0 spiro atoms. The largest absolute Gasteiger partial charge is 0.469 e. The fourth-order valence-electron chi connectivity index (χ4n) is 2.91. The van der Waals surface area contributed by atoms with Crippen LogP contribution in [-0.2, 0) is 23.5 Å². The molecule has 0 aromatic heterocycles. The second-order valence-electron chi connectivity index (χ2n) is 7.56. The van der Waals surface area contributed by atoms with Crippen LogP contribution in [0.1, 0.15) is 96.8 Å². The molecule has 0 fully saturated rings. The Morgan fingerprint density at radius 2 is 1.43 bits per heavy atom. The van der Waals surface area contributed by atoms with Crippen LogP contribution in [0, 0.1) is 0 Å². The summed E-state index contributed by atoms with van der Waals surface area (Å²) in [6.45, 7) is 1.58. The average Bonchev–Trinajstić information content (AvgIpc) is 2.70. The maximum absolute atomic E-state index is 11.7. The molecule has 0 aromatic rings. The Bertz CT molecular complexity index is 482. The molecule has 1 unspecified atom stereocenters. The van der Waals surface area contributed by atoms with E-state index in [0.29, 0.717) is 6.42 Å². The van der Waals surface area contributed by atoms with E-state index in [2.05, 4.69) is 28.4 Å². The van der Waals surface area contributed by atoms with Crippen molar-refractivity contribution in [2.45, 2.75) is 103 Å². The van der Waals surface area contributed by atoms with Gasteiger partial charge < -0.3 is 14.5 Å². The number of ether oxygens (including phenoxy) is 1. The molecule has 4 N–H and O–H groups in total. The number of esters is 1. The monoisotopic (exact) mass is 451 g/mol. The number of carbonyl (C=O) groups excluding carboxylic acids is 1. The lowest BCUT2D eigenvalue weighted by atomic mass is 10.1. The maximum atomic E-state index is 11.7. The first kappa shape index (κ1) is 29.2. The highest BCUT2D eigenvalue weighted by atomic mass is 31.2. The van der Waals surface area contributed by atoms with Gasteiger partial charge >= 0.3 is 13.8 Å². The molecule has 0 aliphatic carbocycles. The molecular weight excluding hydrogens is 409 g/mol. The molecule has 0 amide bonds. The number of hydrogen-bond donors (Lipinski definition) is 3. The van der Waals surface area contributed by atoms with Gasteiger partial charge in [-0.1, -0.05) is 70.4 Å². The summed E-state index contributed by atoms with van der Waals surface area (Å²) in [7, 11) is -4.61. The van der Waals surface area contributed by atoms with Crippen LogP contribution in [0.15, 0.2) is 12.2 Å². The lowest BCUT2D eigenvalue weighted by Crippen LogP contribution is -2.29. The van der Waals surface area contributed by atoms with Gasteiger partial charge in [-0.05, 0) is 32.1 Å². The van der Waals surface area contributed by atoms with E-state index in [9.17, 15) is 9.36 Å². The standard InChI is InChI=1S/C21H42NO7P/c1-2-3-4-5-6-7-8-9-10-11-12-13-14-15-16-17-21(23)27-18-20(29-22)19-28-30(24,25)26/h9-10,20H,2-8,11-19,22H2,1H3,(H2,24,25,26)/b10-9+. The van der Waals surface area contributed by atoms with Crippen LogP contribution in [0.2, 0.25) is 0 Å². The molecule has 30 heavy (non-hydrogen) atoms. The number of phosphoric ester groups is 1. The Morgan fingerprint density at radius 1 is 0.900 bits per heavy atom. The molecule has 1 atom stereocenters. The minimum atomic E-state index is -4.61. The van der Waals surface area contributed by atoms with Gasteiger partial charge in [-0.25, -0.2) is 10.5 Å². The van der Waals surface area contributed by atoms with E-state index in [1.807, 2.05) is 0 Å². The maximum Gasteiger partial charge on any atom is 0.469 e. The Hall–Kier alpha value is -0.760. The molecule has 0 aliphatic heterocycles. The minimum Gasteiger partial charge on any atom is -0.463 e. The van der Waals surface area contributed by atoms with Crippen LogP contribution < -0.4 is 5.90 Å². The summed E-state index contributed by atoms with van der Waals surface area (Å²) in [6.07, 6.45) is 19.4. The molecular formula is C21H42NO7P. The normalized spacial score (nSPS) is 13.1. The highest BCUT2D eigenvalue weighted by Crippen LogP contribution is 2.35. The lowest BCUT2D eigenvalue weighted by molar-refractivity contribution is -0.149. The topological polar surface area (TPSA) is 128 Å². The highest BCUT2D eigenvalue weighted by molar-refractivity contribution is 7.46. The SMILES string of the molecule is CCCCCCCC/C=C/CCCCCCCC(=O)OCC(COP(=O)(O)O)ON. The van der Waals surface area contributed by atoms with Gasteiger partial charge in [-0.15, -0.1) is 0 Å². The van der Waals surface area contributed by atoms with Crippen molar-refractivity contribution in [2.24, 2.45) is 5.90 Å². The van der Waals surface area contributed by atoms with E-state index in [1.54, 1.807) is 0 Å². The number of allylic oxidation sites excluding steroid dienone is 2. The summed E-state index contributed by atoms with van der Waals surface area (Å²) in [5, 5.41) is 0. The van der Waals surface area contributed by atoms with Crippen LogP contribution in [0.25, 0.3) is 0 Å². The Morgan fingerprint density at radius 3 is 1.97 bits per heavy atom. The molecule has 0 radical (unpaired) electrons. The van der Waals surface area contributed by atoms with Gasteiger partial charge in [0.2, 0.25) is 0 Å². The predicted molar refractivity (Wildman–Crippen MR) is 117 cm³/mol. The number of carbonyl (C=O) groups is 1. The lowest BCUT2D eigenvalue weighted by Gasteiger charge is -2.15. The molecule has 8 nitrogen and oxygen atoms in total. The highest BCUT2D eigenvalue weighted by Gasteiger charge is 2.19. The summed E-state index contributed by atoms with van der Waals surface area (Å²) in [6, 6.07) is 0. The molecule has 9 heteroatoms. The second kappa shape index (κ2) is 20.2. The van der Waals surface area contributed by atoms with Crippen molar-refractivity contribution in [2.75, 3.05) is 13.2 Å². The molecule has 0 bridgehead atoms. The summed E-state index contributed by atoms with van der Waals surface area (Å²) in [4.78, 5) is 33.4. The third-order valence-corrected chi connectivity index (χ3v) is 5.18. The number of nitrogens with two attached hydrogens (primary N) is 1. The van der Waals surface area contributed by atoms with Gasteiger partial charge in [0.15, 0.2) is 0 Å². The minimum absolute atomic E-state index is 0.208. The average molecular weight is 452 g/mol. The number of phosphoric acid groups is 1. The molecule has 0 aromatic carbocycles. The zero-order valence-corrected chi connectivity index (χ0v) is 19.4. The quantitative estimate of drug-likeness (QED) is 0.0736. The van der Waals surface area contributed by atoms with E-state index in [4.69, 9.17) is 20.4 Å². The summed E-state index contributed by atoms with van der Waals surface area (Å²) in [5.41, 5.74) is 0. The van der Waals surface area contributed by atoms with Gasteiger partial charge in [0, 0.05) is 6.42 Å². The summed E-state index contributed by atoms with van der Waals surface area (Å²) >= 11 is 0. The molecule has 0 heterocycles. The van der Waals surface area contributed by atoms with Crippen LogP contribution in [0.3, 0.4) is 0 Å². The molecule has 0 saturated heterocycles. The van der Waals surface area contributed by atoms with Crippen LogP contribution >= 0.6 is 7.82 Å². The van der Waals surface area contributed by atoms with Gasteiger partial charge in [0.25, 0.3) is 0 Å². The van der Waals surface area contributed by atoms with Gasteiger partial charge in [-0.3, -0.25) is 14.2 Å². The Labute approximate surface area is 181 Å². The van der Waals surface area contributed by atoms with Gasteiger partial charge in [0.05, 0.1) is 6.61 Å². The van der Waals surface area contributed by atoms with Crippen molar-refractivity contribution in [1.82, 2.24) is 0 Å². The van der Waals surface area contributed by atoms with E-state index >= 15 is 0 Å². The summed E-state index contributed by atoms with van der Waals surface area (Å²) < 4.78 is 19.9.